The molecule has 1 aromatic carbocycles. The first-order chi connectivity index (χ1) is 9.10. The van der Waals surface area contributed by atoms with Gasteiger partial charge in [-0.05, 0) is 38.1 Å². The number of aromatic nitrogens is 2. The number of aryl methyl sites for hydroxylation is 1. The van der Waals surface area contributed by atoms with Crippen LogP contribution in [0.1, 0.15) is 35.1 Å². The van der Waals surface area contributed by atoms with Crippen LogP contribution in [0.3, 0.4) is 0 Å². The lowest BCUT2D eigenvalue weighted by Gasteiger charge is -2.10. The number of hydrogen-bond donors (Lipinski definition) is 1. The summed E-state index contributed by atoms with van der Waals surface area (Å²) in [6.07, 6.45) is -0.341. The first-order valence-electron chi connectivity index (χ1n) is 5.89. The molecule has 0 saturated carbocycles. The molecule has 0 aliphatic heterocycles. The molecular weight excluding hydrogens is 246 g/mol. The van der Waals surface area contributed by atoms with Crippen molar-refractivity contribution < 1.29 is 14.1 Å². The summed E-state index contributed by atoms with van der Waals surface area (Å²) >= 11 is 0. The zero-order chi connectivity index (χ0) is 13.8. The number of carbonyl (C=O) groups is 1. The Hall–Kier alpha value is -2.37. The number of rotatable bonds is 4. The average Bonchev–Trinajstić information content (AvgIpc) is 2.85. The minimum absolute atomic E-state index is 0.132. The molecule has 0 fully saturated rings. The maximum atomic E-state index is 11.4. The monoisotopic (exact) mass is 261 g/mol. The normalized spacial score (nSPS) is 11.9. The van der Waals surface area contributed by atoms with Crippen LogP contribution in [0.15, 0.2) is 28.8 Å². The van der Waals surface area contributed by atoms with Gasteiger partial charge in [-0.25, -0.2) is 0 Å². The zero-order valence-electron chi connectivity index (χ0n) is 11.0. The van der Waals surface area contributed by atoms with E-state index in [1.165, 1.54) is 0 Å². The zero-order valence-corrected chi connectivity index (χ0v) is 11.0. The van der Waals surface area contributed by atoms with Gasteiger partial charge in [-0.3, -0.25) is 4.79 Å². The standard InChI is InChI=1S/C13H15N3O3/c1-8(13-15-9(2)16-19-13)18-11-6-4-10(5-7-11)12(17)14-3/h4-8H,1-3H3,(H,14,17)/t8-/m1/s1. The fourth-order valence-electron chi connectivity index (χ4n) is 1.56. The molecule has 0 aliphatic rings. The van der Waals surface area contributed by atoms with Gasteiger partial charge in [0, 0.05) is 12.6 Å². The van der Waals surface area contributed by atoms with E-state index in [1.807, 2.05) is 6.92 Å². The molecule has 0 bridgehead atoms. The van der Waals surface area contributed by atoms with Crippen LogP contribution in [0.5, 0.6) is 5.75 Å². The van der Waals surface area contributed by atoms with E-state index < -0.39 is 0 Å². The maximum Gasteiger partial charge on any atom is 0.267 e. The van der Waals surface area contributed by atoms with Gasteiger partial charge in [-0.1, -0.05) is 5.16 Å². The van der Waals surface area contributed by atoms with Crippen LogP contribution < -0.4 is 10.1 Å². The number of ether oxygens (including phenoxy) is 1. The predicted molar refractivity (Wildman–Crippen MR) is 67.9 cm³/mol. The predicted octanol–water partition coefficient (Wildman–Crippen LogP) is 1.88. The number of nitrogens with one attached hydrogen (secondary N) is 1. The lowest BCUT2D eigenvalue weighted by atomic mass is 10.2. The van der Waals surface area contributed by atoms with Crippen LogP contribution >= 0.6 is 0 Å². The van der Waals surface area contributed by atoms with E-state index in [0.29, 0.717) is 23.0 Å². The Bertz CT molecular complexity index is 563. The highest BCUT2D eigenvalue weighted by atomic mass is 16.5. The van der Waals surface area contributed by atoms with Crippen LogP contribution in [0.25, 0.3) is 0 Å². The van der Waals surface area contributed by atoms with E-state index in [1.54, 1.807) is 38.2 Å². The summed E-state index contributed by atoms with van der Waals surface area (Å²) in [5.41, 5.74) is 0.580. The Morgan fingerprint density at radius 2 is 2.05 bits per heavy atom. The molecule has 0 unspecified atom stereocenters. The molecule has 100 valence electrons. The number of carbonyl (C=O) groups excluding carboxylic acids is 1. The number of benzene rings is 1. The van der Waals surface area contributed by atoms with E-state index in [2.05, 4.69) is 15.5 Å². The minimum atomic E-state index is -0.341. The second-order valence-electron chi connectivity index (χ2n) is 4.04. The molecule has 0 saturated heterocycles. The third-order valence-corrected chi connectivity index (χ3v) is 2.55. The minimum Gasteiger partial charge on any atom is -0.481 e. The highest BCUT2D eigenvalue weighted by Gasteiger charge is 2.14. The molecule has 1 N–H and O–H groups in total. The van der Waals surface area contributed by atoms with Gasteiger partial charge in [0.15, 0.2) is 11.9 Å². The van der Waals surface area contributed by atoms with Crippen molar-refractivity contribution in [2.24, 2.45) is 0 Å². The fourth-order valence-corrected chi connectivity index (χ4v) is 1.56. The molecule has 6 nitrogen and oxygen atoms in total. The summed E-state index contributed by atoms with van der Waals surface area (Å²) in [5, 5.41) is 6.27. The van der Waals surface area contributed by atoms with Gasteiger partial charge in [0.05, 0.1) is 0 Å². The Morgan fingerprint density at radius 3 is 2.58 bits per heavy atom. The van der Waals surface area contributed by atoms with Crippen LogP contribution in [0.2, 0.25) is 0 Å². The van der Waals surface area contributed by atoms with E-state index in [9.17, 15) is 4.79 Å². The van der Waals surface area contributed by atoms with Crippen molar-refractivity contribution in [3.05, 3.63) is 41.5 Å². The first kappa shape index (κ1) is 13.1. The largest absolute Gasteiger partial charge is 0.481 e. The third-order valence-electron chi connectivity index (χ3n) is 2.55. The molecule has 1 atom stereocenters. The topological polar surface area (TPSA) is 77.2 Å². The number of hydrogen-bond acceptors (Lipinski definition) is 5. The van der Waals surface area contributed by atoms with Gasteiger partial charge >= 0.3 is 0 Å². The molecule has 2 rings (SSSR count). The molecule has 1 amide bonds. The second-order valence-corrected chi connectivity index (χ2v) is 4.04. The summed E-state index contributed by atoms with van der Waals surface area (Å²) in [6.45, 7) is 3.57. The Labute approximate surface area is 110 Å². The first-order valence-corrected chi connectivity index (χ1v) is 5.89. The van der Waals surface area contributed by atoms with E-state index >= 15 is 0 Å². The van der Waals surface area contributed by atoms with Crippen molar-refractivity contribution in [2.75, 3.05) is 7.05 Å². The fraction of sp³-hybridized carbons (Fsp3) is 0.308. The van der Waals surface area contributed by atoms with Crippen LogP contribution in [-0.2, 0) is 0 Å². The summed E-state index contributed by atoms with van der Waals surface area (Å²) in [4.78, 5) is 15.5. The Kier molecular flexibility index (Phi) is 3.79. The van der Waals surface area contributed by atoms with Crippen LogP contribution in [0, 0.1) is 6.92 Å². The van der Waals surface area contributed by atoms with Gasteiger partial charge < -0.3 is 14.6 Å². The number of amides is 1. The lowest BCUT2D eigenvalue weighted by molar-refractivity contribution is 0.0963. The van der Waals surface area contributed by atoms with Gasteiger partial charge in [0.1, 0.15) is 5.75 Å². The van der Waals surface area contributed by atoms with Crippen molar-refractivity contribution in [3.8, 4) is 5.75 Å². The molecule has 1 aromatic heterocycles. The van der Waals surface area contributed by atoms with Crippen molar-refractivity contribution in [3.63, 3.8) is 0 Å². The van der Waals surface area contributed by atoms with E-state index in [0.717, 1.165) is 0 Å². The molecule has 0 aliphatic carbocycles. The lowest BCUT2D eigenvalue weighted by Crippen LogP contribution is -2.17. The van der Waals surface area contributed by atoms with E-state index in [4.69, 9.17) is 9.26 Å². The summed E-state index contributed by atoms with van der Waals surface area (Å²) in [7, 11) is 1.59. The Morgan fingerprint density at radius 1 is 1.37 bits per heavy atom. The highest BCUT2D eigenvalue weighted by Crippen LogP contribution is 2.20. The molecule has 0 radical (unpaired) electrons. The summed E-state index contributed by atoms with van der Waals surface area (Å²) < 4.78 is 10.7. The summed E-state index contributed by atoms with van der Waals surface area (Å²) in [5.74, 6) is 1.50. The van der Waals surface area contributed by atoms with Gasteiger partial charge in [-0.15, -0.1) is 0 Å². The highest BCUT2D eigenvalue weighted by molar-refractivity contribution is 5.94. The third kappa shape index (κ3) is 3.09. The SMILES string of the molecule is CNC(=O)c1ccc(O[C@H](C)c2nc(C)no2)cc1. The molecule has 19 heavy (non-hydrogen) atoms. The summed E-state index contributed by atoms with van der Waals surface area (Å²) in [6, 6.07) is 6.84. The van der Waals surface area contributed by atoms with Crippen molar-refractivity contribution in [1.82, 2.24) is 15.5 Å². The molecule has 1 heterocycles. The Balaban J connectivity index is 2.05. The smallest absolute Gasteiger partial charge is 0.267 e. The van der Waals surface area contributed by atoms with Crippen molar-refractivity contribution >= 4 is 5.91 Å². The van der Waals surface area contributed by atoms with Crippen molar-refractivity contribution in [2.45, 2.75) is 20.0 Å². The number of nitrogens with zero attached hydrogens (tertiary/aromatic N) is 2. The maximum absolute atomic E-state index is 11.4. The van der Waals surface area contributed by atoms with Gasteiger partial charge in [-0.2, -0.15) is 4.98 Å². The molecular formula is C13H15N3O3. The van der Waals surface area contributed by atoms with Crippen LogP contribution in [0.4, 0.5) is 0 Å². The van der Waals surface area contributed by atoms with Gasteiger partial charge in [0.2, 0.25) is 0 Å². The average molecular weight is 261 g/mol. The second kappa shape index (κ2) is 5.51. The van der Waals surface area contributed by atoms with Gasteiger partial charge in [0.25, 0.3) is 11.8 Å². The van der Waals surface area contributed by atoms with Crippen LogP contribution in [-0.4, -0.2) is 23.1 Å². The van der Waals surface area contributed by atoms with Crippen molar-refractivity contribution in [1.29, 1.82) is 0 Å². The molecule has 6 heteroatoms. The van der Waals surface area contributed by atoms with E-state index in [-0.39, 0.29) is 12.0 Å². The quantitative estimate of drug-likeness (QED) is 0.909. The molecule has 2 aromatic rings. The molecule has 0 spiro atoms.